The fourth-order valence-electron chi connectivity index (χ4n) is 2.81. The average Bonchev–Trinajstić information content (AvgIpc) is 2.72. The number of para-hydroxylation sites is 1. The zero-order valence-electron chi connectivity index (χ0n) is 17.0. The maximum absolute atomic E-state index is 13.0. The summed E-state index contributed by atoms with van der Waals surface area (Å²) in [5.74, 6) is 0.556. The molecule has 0 aliphatic carbocycles. The molecule has 0 aliphatic heterocycles. The molecule has 0 fully saturated rings. The van der Waals surface area contributed by atoms with E-state index in [0.717, 1.165) is 4.47 Å². The summed E-state index contributed by atoms with van der Waals surface area (Å²) in [6.07, 6.45) is 1.85. The Hall–Kier alpha value is -3.00. The van der Waals surface area contributed by atoms with Crippen molar-refractivity contribution in [2.45, 2.75) is 33.3 Å². The van der Waals surface area contributed by atoms with Crippen molar-refractivity contribution in [3.8, 4) is 5.75 Å². The normalized spacial score (nSPS) is 11.4. The van der Waals surface area contributed by atoms with Crippen LogP contribution in [0.1, 0.15) is 32.2 Å². The Balaban J connectivity index is 1.93. The zero-order valence-corrected chi connectivity index (χ0v) is 18.5. The fourth-order valence-corrected chi connectivity index (χ4v) is 3.18. The molecule has 3 rings (SSSR count). The molecule has 0 spiro atoms. The van der Waals surface area contributed by atoms with Crippen LogP contribution in [0.15, 0.2) is 56.8 Å². The first kappa shape index (κ1) is 21.7. The molecule has 0 atom stereocenters. The number of rotatable bonds is 7. The maximum Gasteiger partial charge on any atom is 0.344 e. The largest absolute Gasteiger partial charge is 0.481 e. The standard InChI is InChI=1S/C22H22BrN3O4/c1-4-20-25-18-10-9-16(23)11-17(18)22(28)26(20)24-12-15-7-5-6-8-19(15)29-13-21(27)30-14(2)3/h5-12,14H,4,13H2,1-3H3. The lowest BCUT2D eigenvalue weighted by atomic mass is 10.2. The van der Waals surface area contributed by atoms with E-state index in [4.69, 9.17) is 9.47 Å². The lowest BCUT2D eigenvalue weighted by Gasteiger charge is -2.11. The van der Waals surface area contributed by atoms with E-state index in [1.165, 1.54) is 10.9 Å². The number of ether oxygens (including phenoxy) is 2. The predicted molar refractivity (Wildman–Crippen MR) is 119 cm³/mol. The molecule has 0 N–H and O–H groups in total. The number of fused-ring (bicyclic) bond motifs is 1. The molecule has 1 heterocycles. The molecule has 2 aromatic carbocycles. The van der Waals surface area contributed by atoms with Crippen LogP contribution in [-0.2, 0) is 16.0 Å². The van der Waals surface area contributed by atoms with Gasteiger partial charge in [0.05, 0.1) is 23.2 Å². The lowest BCUT2D eigenvalue weighted by molar-refractivity contribution is -0.149. The smallest absolute Gasteiger partial charge is 0.344 e. The third-order valence-electron chi connectivity index (χ3n) is 4.14. The third-order valence-corrected chi connectivity index (χ3v) is 4.63. The number of esters is 1. The molecule has 1 aromatic heterocycles. The number of nitrogens with zero attached hydrogens (tertiary/aromatic N) is 3. The van der Waals surface area contributed by atoms with Crippen LogP contribution in [0.2, 0.25) is 0 Å². The van der Waals surface area contributed by atoms with Crippen molar-refractivity contribution in [3.63, 3.8) is 0 Å². The number of hydrogen-bond acceptors (Lipinski definition) is 6. The van der Waals surface area contributed by atoms with Gasteiger partial charge in [-0.2, -0.15) is 9.78 Å². The van der Waals surface area contributed by atoms with Crippen LogP contribution in [0, 0.1) is 0 Å². The van der Waals surface area contributed by atoms with Crippen LogP contribution >= 0.6 is 15.9 Å². The Labute approximate surface area is 182 Å². The second-order valence-electron chi connectivity index (χ2n) is 6.77. The van der Waals surface area contributed by atoms with E-state index >= 15 is 0 Å². The van der Waals surface area contributed by atoms with Crippen LogP contribution in [0.25, 0.3) is 10.9 Å². The van der Waals surface area contributed by atoms with Gasteiger partial charge in [0.2, 0.25) is 0 Å². The predicted octanol–water partition coefficient (Wildman–Crippen LogP) is 3.93. The number of hydrogen-bond donors (Lipinski definition) is 0. The second-order valence-corrected chi connectivity index (χ2v) is 7.69. The van der Waals surface area contributed by atoms with E-state index in [0.29, 0.717) is 34.5 Å². The van der Waals surface area contributed by atoms with Crippen molar-refractivity contribution < 1.29 is 14.3 Å². The minimum absolute atomic E-state index is 0.210. The van der Waals surface area contributed by atoms with Crippen LogP contribution in [-0.4, -0.2) is 34.6 Å². The summed E-state index contributed by atoms with van der Waals surface area (Å²) in [5.41, 5.74) is 0.991. The average molecular weight is 472 g/mol. The molecule has 0 amide bonds. The van der Waals surface area contributed by atoms with Crippen LogP contribution < -0.4 is 10.3 Å². The van der Waals surface area contributed by atoms with Crippen molar-refractivity contribution in [1.82, 2.24) is 9.66 Å². The molecule has 0 unspecified atom stereocenters. The summed E-state index contributed by atoms with van der Waals surface area (Å²) >= 11 is 3.39. The van der Waals surface area contributed by atoms with Gasteiger partial charge < -0.3 is 9.47 Å². The Morgan fingerprint density at radius 1 is 1.27 bits per heavy atom. The summed E-state index contributed by atoms with van der Waals surface area (Å²) in [4.78, 5) is 29.3. The molecule has 8 heteroatoms. The third kappa shape index (κ3) is 5.13. The topological polar surface area (TPSA) is 82.8 Å². The van der Waals surface area contributed by atoms with Crippen molar-refractivity contribution in [2.75, 3.05) is 6.61 Å². The fraction of sp³-hybridized carbons (Fsp3) is 0.273. The molecule has 0 saturated carbocycles. The number of carbonyl (C=O) groups is 1. The van der Waals surface area contributed by atoms with Gasteiger partial charge in [0.1, 0.15) is 11.6 Å². The number of halogens is 1. The maximum atomic E-state index is 13.0. The molecule has 0 saturated heterocycles. The van der Waals surface area contributed by atoms with Gasteiger partial charge in [0.25, 0.3) is 5.56 Å². The van der Waals surface area contributed by atoms with E-state index in [1.807, 2.05) is 19.1 Å². The number of benzene rings is 2. The number of aromatic nitrogens is 2. The number of aryl methyl sites for hydroxylation is 1. The van der Waals surface area contributed by atoms with Gasteiger partial charge in [-0.25, -0.2) is 9.78 Å². The molecule has 0 aliphatic rings. The quantitative estimate of drug-likeness (QED) is 0.385. The van der Waals surface area contributed by atoms with Gasteiger partial charge in [0.15, 0.2) is 6.61 Å². The van der Waals surface area contributed by atoms with Crippen LogP contribution in [0.4, 0.5) is 0 Å². The first-order valence-electron chi connectivity index (χ1n) is 9.56. The highest BCUT2D eigenvalue weighted by molar-refractivity contribution is 9.10. The summed E-state index contributed by atoms with van der Waals surface area (Å²) < 4.78 is 12.8. The molecule has 0 radical (unpaired) electrons. The van der Waals surface area contributed by atoms with Crippen molar-refractivity contribution in [3.05, 3.63) is 68.7 Å². The Morgan fingerprint density at radius 3 is 2.77 bits per heavy atom. The highest BCUT2D eigenvalue weighted by atomic mass is 79.9. The van der Waals surface area contributed by atoms with E-state index in [-0.39, 0.29) is 18.3 Å². The molecule has 3 aromatic rings. The summed E-state index contributed by atoms with van der Waals surface area (Å²) in [6, 6.07) is 12.5. The van der Waals surface area contributed by atoms with Gasteiger partial charge in [-0.05, 0) is 44.2 Å². The second kappa shape index (κ2) is 9.67. The van der Waals surface area contributed by atoms with Gasteiger partial charge in [0, 0.05) is 16.5 Å². The molecule has 0 bridgehead atoms. The summed E-state index contributed by atoms with van der Waals surface area (Å²) in [6.45, 7) is 5.25. The summed E-state index contributed by atoms with van der Waals surface area (Å²) in [7, 11) is 0. The zero-order chi connectivity index (χ0) is 21.7. The highest BCUT2D eigenvalue weighted by Gasteiger charge is 2.11. The first-order chi connectivity index (χ1) is 14.4. The van der Waals surface area contributed by atoms with E-state index < -0.39 is 5.97 Å². The lowest BCUT2D eigenvalue weighted by Crippen LogP contribution is -2.22. The van der Waals surface area contributed by atoms with Crippen LogP contribution in [0.3, 0.4) is 0 Å². The van der Waals surface area contributed by atoms with Gasteiger partial charge in [-0.15, -0.1) is 0 Å². The van der Waals surface area contributed by atoms with E-state index in [1.54, 1.807) is 44.2 Å². The van der Waals surface area contributed by atoms with Crippen molar-refractivity contribution in [2.24, 2.45) is 5.10 Å². The van der Waals surface area contributed by atoms with Gasteiger partial charge >= 0.3 is 5.97 Å². The minimum Gasteiger partial charge on any atom is -0.481 e. The van der Waals surface area contributed by atoms with Gasteiger partial charge in [-0.3, -0.25) is 4.79 Å². The number of carbonyl (C=O) groups excluding carboxylic acids is 1. The SMILES string of the molecule is CCc1nc2ccc(Br)cc2c(=O)n1N=Cc1ccccc1OCC(=O)OC(C)C. The molecular weight excluding hydrogens is 450 g/mol. The Kier molecular flexibility index (Phi) is 6.99. The van der Waals surface area contributed by atoms with Gasteiger partial charge in [-0.1, -0.05) is 35.0 Å². The summed E-state index contributed by atoms with van der Waals surface area (Å²) in [5, 5.41) is 4.84. The minimum atomic E-state index is -0.453. The first-order valence-corrected chi connectivity index (χ1v) is 10.3. The molecule has 156 valence electrons. The van der Waals surface area contributed by atoms with Crippen molar-refractivity contribution in [1.29, 1.82) is 0 Å². The molecular formula is C22H22BrN3O4. The van der Waals surface area contributed by atoms with Crippen LogP contribution in [0.5, 0.6) is 5.75 Å². The van der Waals surface area contributed by atoms with E-state index in [9.17, 15) is 9.59 Å². The molecule has 7 nitrogen and oxygen atoms in total. The van der Waals surface area contributed by atoms with Crippen molar-refractivity contribution >= 4 is 39.0 Å². The Bertz CT molecular complexity index is 1150. The Morgan fingerprint density at radius 2 is 2.03 bits per heavy atom. The van der Waals surface area contributed by atoms with E-state index in [2.05, 4.69) is 26.0 Å². The highest BCUT2D eigenvalue weighted by Crippen LogP contribution is 2.18. The monoisotopic (exact) mass is 471 g/mol. The molecule has 30 heavy (non-hydrogen) atoms.